The highest BCUT2D eigenvalue weighted by molar-refractivity contribution is 7.89. The van der Waals surface area contributed by atoms with Crippen molar-refractivity contribution in [1.82, 2.24) is 9.71 Å². The van der Waals surface area contributed by atoms with Gasteiger partial charge < -0.3 is 4.74 Å². The molecule has 0 bridgehead atoms. The molecule has 130 valence electrons. The number of thiazole rings is 1. The fourth-order valence-electron chi connectivity index (χ4n) is 2.37. The van der Waals surface area contributed by atoms with Crippen molar-refractivity contribution in [2.45, 2.75) is 18.4 Å². The molecule has 0 saturated heterocycles. The smallest absolute Gasteiger partial charge is 0.240 e. The number of aromatic nitrogens is 1. The van der Waals surface area contributed by atoms with Crippen molar-refractivity contribution in [3.8, 4) is 16.3 Å². The molecule has 0 aliphatic carbocycles. The molecule has 1 aromatic heterocycles. The van der Waals surface area contributed by atoms with Crippen LogP contribution in [0.1, 0.15) is 11.3 Å². The van der Waals surface area contributed by atoms with Gasteiger partial charge in [0, 0.05) is 10.9 Å². The summed E-state index contributed by atoms with van der Waals surface area (Å²) in [5.41, 5.74) is 2.48. The van der Waals surface area contributed by atoms with E-state index in [0.717, 1.165) is 16.1 Å². The molecule has 0 unspecified atom stereocenters. The molecule has 3 rings (SSSR count). The lowest BCUT2D eigenvalue weighted by molar-refractivity contribution is 0.411. The van der Waals surface area contributed by atoms with Crippen molar-refractivity contribution in [2.24, 2.45) is 0 Å². The van der Waals surface area contributed by atoms with E-state index in [2.05, 4.69) is 9.71 Å². The van der Waals surface area contributed by atoms with Gasteiger partial charge in [-0.1, -0.05) is 30.3 Å². The number of aryl methyl sites for hydroxylation is 1. The van der Waals surface area contributed by atoms with Gasteiger partial charge in [0.1, 0.15) is 10.8 Å². The average Bonchev–Trinajstić information content (AvgIpc) is 3.10. The van der Waals surface area contributed by atoms with Crippen LogP contribution in [0.2, 0.25) is 0 Å². The van der Waals surface area contributed by atoms with Crippen LogP contribution in [-0.4, -0.2) is 20.5 Å². The van der Waals surface area contributed by atoms with Gasteiger partial charge in [0.25, 0.3) is 0 Å². The van der Waals surface area contributed by atoms with Gasteiger partial charge >= 0.3 is 0 Å². The van der Waals surface area contributed by atoms with Crippen LogP contribution in [0.5, 0.6) is 5.75 Å². The zero-order chi connectivity index (χ0) is 17.9. The molecule has 5 nitrogen and oxygen atoms in total. The first-order valence-corrected chi connectivity index (χ1v) is 10.00. The molecule has 0 spiro atoms. The van der Waals surface area contributed by atoms with E-state index in [1.807, 2.05) is 42.6 Å². The maximum atomic E-state index is 12.5. The minimum Gasteiger partial charge on any atom is -0.496 e. The number of nitrogens with one attached hydrogen (secondary N) is 1. The van der Waals surface area contributed by atoms with E-state index in [1.54, 1.807) is 19.2 Å². The largest absolute Gasteiger partial charge is 0.496 e. The summed E-state index contributed by atoms with van der Waals surface area (Å²) in [5, 5.41) is 2.74. The molecule has 0 amide bonds. The van der Waals surface area contributed by atoms with Crippen molar-refractivity contribution in [3.05, 3.63) is 65.2 Å². The molecule has 25 heavy (non-hydrogen) atoms. The van der Waals surface area contributed by atoms with Crippen LogP contribution in [0.4, 0.5) is 0 Å². The highest BCUT2D eigenvalue weighted by Gasteiger charge is 2.16. The average molecular weight is 374 g/mol. The lowest BCUT2D eigenvalue weighted by Gasteiger charge is -2.09. The predicted octanol–water partition coefficient (Wildman–Crippen LogP) is 3.61. The molecule has 1 N–H and O–H groups in total. The molecule has 0 radical (unpaired) electrons. The summed E-state index contributed by atoms with van der Waals surface area (Å²) in [6.07, 6.45) is 0. The number of ether oxygens (including phenoxy) is 1. The van der Waals surface area contributed by atoms with E-state index in [9.17, 15) is 8.42 Å². The van der Waals surface area contributed by atoms with Crippen molar-refractivity contribution >= 4 is 21.4 Å². The maximum Gasteiger partial charge on any atom is 0.240 e. The summed E-state index contributed by atoms with van der Waals surface area (Å²) < 4.78 is 32.7. The summed E-state index contributed by atoms with van der Waals surface area (Å²) >= 11 is 1.49. The Morgan fingerprint density at radius 2 is 1.92 bits per heavy atom. The second-order valence-corrected chi connectivity index (χ2v) is 8.09. The van der Waals surface area contributed by atoms with E-state index < -0.39 is 10.0 Å². The molecule has 1 heterocycles. The summed E-state index contributed by atoms with van der Waals surface area (Å²) in [6, 6.07) is 14.6. The standard InChI is InChI=1S/C18H18N2O3S2/c1-13-10-16(8-9-17(13)23-2)25(21,22)19-11-15-12-24-18(20-15)14-6-4-3-5-7-14/h3-10,12,19H,11H2,1-2H3. The Labute approximate surface area is 151 Å². The first-order valence-electron chi connectivity index (χ1n) is 7.64. The molecule has 0 fully saturated rings. The topological polar surface area (TPSA) is 68.3 Å². The maximum absolute atomic E-state index is 12.5. The number of hydrogen-bond donors (Lipinski definition) is 1. The Bertz CT molecular complexity index is 967. The fraction of sp³-hybridized carbons (Fsp3) is 0.167. The molecule has 0 atom stereocenters. The van der Waals surface area contributed by atoms with E-state index in [1.165, 1.54) is 17.4 Å². The fourth-order valence-corrected chi connectivity index (χ4v) is 4.28. The predicted molar refractivity (Wildman–Crippen MR) is 99.3 cm³/mol. The molecule has 0 aliphatic heterocycles. The second-order valence-electron chi connectivity index (χ2n) is 5.47. The summed E-state index contributed by atoms with van der Waals surface area (Å²) in [6.45, 7) is 1.96. The summed E-state index contributed by atoms with van der Waals surface area (Å²) in [7, 11) is -2.05. The first kappa shape index (κ1) is 17.6. The van der Waals surface area contributed by atoms with Crippen LogP contribution in [0, 0.1) is 6.92 Å². The monoisotopic (exact) mass is 374 g/mol. The minimum absolute atomic E-state index is 0.150. The van der Waals surface area contributed by atoms with Gasteiger partial charge in [-0.05, 0) is 30.7 Å². The van der Waals surface area contributed by atoms with Gasteiger partial charge in [-0.2, -0.15) is 0 Å². The second kappa shape index (κ2) is 7.35. The van der Waals surface area contributed by atoms with Crippen LogP contribution >= 0.6 is 11.3 Å². The Morgan fingerprint density at radius 1 is 1.16 bits per heavy atom. The Morgan fingerprint density at radius 3 is 2.60 bits per heavy atom. The molecule has 7 heteroatoms. The van der Waals surface area contributed by atoms with Crippen LogP contribution in [-0.2, 0) is 16.6 Å². The zero-order valence-corrected chi connectivity index (χ0v) is 15.5. The molecule has 2 aromatic carbocycles. The van der Waals surface area contributed by atoms with Gasteiger partial charge in [-0.3, -0.25) is 0 Å². The highest BCUT2D eigenvalue weighted by atomic mass is 32.2. The van der Waals surface area contributed by atoms with Crippen LogP contribution in [0.15, 0.2) is 58.8 Å². The molecule has 3 aromatic rings. The molecule has 0 saturated carbocycles. The lowest BCUT2D eigenvalue weighted by atomic mass is 10.2. The van der Waals surface area contributed by atoms with E-state index in [0.29, 0.717) is 11.4 Å². The third-order valence-electron chi connectivity index (χ3n) is 3.69. The molecular weight excluding hydrogens is 356 g/mol. The number of rotatable bonds is 6. The number of benzene rings is 2. The number of methoxy groups -OCH3 is 1. The van der Waals surface area contributed by atoms with Gasteiger partial charge in [0.15, 0.2) is 0 Å². The third kappa shape index (κ3) is 4.07. The summed E-state index contributed by atoms with van der Waals surface area (Å²) in [5.74, 6) is 0.658. The SMILES string of the molecule is COc1ccc(S(=O)(=O)NCc2csc(-c3ccccc3)n2)cc1C. The van der Waals surface area contributed by atoms with Gasteiger partial charge in [-0.25, -0.2) is 18.1 Å². The highest BCUT2D eigenvalue weighted by Crippen LogP contribution is 2.24. The van der Waals surface area contributed by atoms with Gasteiger partial charge in [0.05, 0.1) is 24.2 Å². The normalized spacial score (nSPS) is 11.4. The van der Waals surface area contributed by atoms with Crippen molar-refractivity contribution in [3.63, 3.8) is 0 Å². The third-order valence-corrected chi connectivity index (χ3v) is 6.03. The van der Waals surface area contributed by atoms with Crippen molar-refractivity contribution < 1.29 is 13.2 Å². The van der Waals surface area contributed by atoms with Crippen LogP contribution < -0.4 is 9.46 Å². The van der Waals surface area contributed by atoms with Gasteiger partial charge in [0.2, 0.25) is 10.0 Å². The Kier molecular flexibility index (Phi) is 5.17. The Hall–Kier alpha value is -2.22. The minimum atomic E-state index is -3.60. The quantitative estimate of drug-likeness (QED) is 0.716. The van der Waals surface area contributed by atoms with Crippen LogP contribution in [0.3, 0.4) is 0 Å². The summed E-state index contributed by atoms with van der Waals surface area (Å²) in [4.78, 5) is 4.71. The zero-order valence-electron chi connectivity index (χ0n) is 13.9. The number of sulfonamides is 1. The van der Waals surface area contributed by atoms with E-state index in [-0.39, 0.29) is 11.4 Å². The molecular formula is C18H18N2O3S2. The van der Waals surface area contributed by atoms with Crippen LogP contribution in [0.25, 0.3) is 10.6 Å². The van der Waals surface area contributed by atoms with E-state index in [4.69, 9.17) is 4.74 Å². The van der Waals surface area contributed by atoms with Crippen molar-refractivity contribution in [1.29, 1.82) is 0 Å². The van der Waals surface area contributed by atoms with Gasteiger partial charge in [-0.15, -0.1) is 11.3 Å². The van der Waals surface area contributed by atoms with Crippen molar-refractivity contribution in [2.75, 3.05) is 7.11 Å². The number of nitrogens with zero attached hydrogens (tertiary/aromatic N) is 1. The van der Waals surface area contributed by atoms with E-state index >= 15 is 0 Å². The Balaban J connectivity index is 1.72. The first-order chi connectivity index (χ1) is 12.0. The molecule has 0 aliphatic rings. The lowest BCUT2D eigenvalue weighted by Crippen LogP contribution is -2.23. The number of hydrogen-bond acceptors (Lipinski definition) is 5.